The molecular formula is C17H24FN3. The summed E-state index contributed by atoms with van der Waals surface area (Å²) < 4.78 is 15.6. The second kappa shape index (κ2) is 6.85. The molecule has 1 atom stereocenters. The van der Waals surface area contributed by atoms with Gasteiger partial charge in [0.1, 0.15) is 5.82 Å². The molecule has 2 aromatic rings. The smallest absolute Gasteiger partial charge is 0.126 e. The molecule has 3 nitrogen and oxygen atoms in total. The van der Waals surface area contributed by atoms with E-state index in [-0.39, 0.29) is 11.9 Å². The van der Waals surface area contributed by atoms with E-state index in [1.807, 2.05) is 23.7 Å². The first kappa shape index (κ1) is 15.7. The minimum Gasteiger partial charge on any atom is -0.310 e. The van der Waals surface area contributed by atoms with Crippen LogP contribution in [0, 0.1) is 26.6 Å². The summed E-state index contributed by atoms with van der Waals surface area (Å²) >= 11 is 0. The third kappa shape index (κ3) is 4.14. The van der Waals surface area contributed by atoms with Crippen molar-refractivity contribution in [1.82, 2.24) is 15.1 Å². The van der Waals surface area contributed by atoms with Crippen LogP contribution in [-0.2, 0) is 6.54 Å². The first-order valence-electron chi connectivity index (χ1n) is 7.48. The van der Waals surface area contributed by atoms with Crippen molar-refractivity contribution >= 4 is 0 Å². The lowest BCUT2D eigenvalue weighted by Gasteiger charge is -2.15. The molecule has 1 unspecified atom stereocenters. The highest BCUT2D eigenvalue weighted by Crippen LogP contribution is 2.16. The van der Waals surface area contributed by atoms with E-state index in [1.165, 1.54) is 5.69 Å². The maximum atomic E-state index is 13.6. The number of aromatic nitrogens is 2. The van der Waals surface area contributed by atoms with Crippen LogP contribution < -0.4 is 5.32 Å². The number of hydrogen-bond donors (Lipinski definition) is 1. The van der Waals surface area contributed by atoms with Crippen LogP contribution in [0.1, 0.15) is 41.9 Å². The molecular weight excluding hydrogens is 265 g/mol. The summed E-state index contributed by atoms with van der Waals surface area (Å²) in [5.41, 5.74) is 3.94. The van der Waals surface area contributed by atoms with Crippen molar-refractivity contribution < 1.29 is 4.39 Å². The molecule has 1 N–H and O–H groups in total. The van der Waals surface area contributed by atoms with Crippen LogP contribution in [0.4, 0.5) is 4.39 Å². The molecule has 21 heavy (non-hydrogen) atoms. The summed E-state index contributed by atoms with van der Waals surface area (Å²) in [4.78, 5) is 0. The molecule has 0 saturated heterocycles. The van der Waals surface area contributed by atoms with Crippen LogP contribution >= 0.6 is 0 Å². The second-order valence-electron chi connectivity index (χ2n) is 5.69. The fourth-order valence-electron chi connectivity index (χ4n) is 2.44. The highest BCUT2D eigenvalue weighted by molar-refractivity contribution is 5.25. The Labute approximate surface area is 126 Å². The number of rotatable bonds is 6. The van der Waals surface area contributed by atoms with E-state index < -0.39 is 0 Å². The number of aryl methyl sites for hydroxylation is 4. The lowest BCUT2D eigenvalue weighted by Crippen LogP contribution is -2.21. The maximum Gasteiger partial charge on any atom is 0.126 e. The monoisotopic (exact) mass is 289 g/mol. The third-order valence-electron chi connectivity index (χ3n) is 3.80. The van der Waals surface area contributed by atoms with Gasteiger partial charge >= 0.3 is 0 Å². The molecule has 0 aliphatic heterocycles. The summed E-state index contributed by atoms with van der Waals surface area (Å²) in [6.45, 7) is 9.72. The zero-order valence-electron chi connectivity index (χ0n) is 13.3. The molecule has 0 aliphatic carbocycles. The minimum absolute atomic E-state index is 0.135. The topological polar surface area (TPSA) is 29.9 Å². The molecule has 1 heterocycles. The number of halogens is 1. The van der Waals surface area contributed by atoms with E-state index in [4.69, 9.17) is 0 Å². The largest absolute Gasteiger partial charge is 0.310 e. The lowest BCUT2D eigenvalue weighted by molar-refractivity contribution is 0.498. The van der Waals surface area contributed by atoms with Gasteiger partial charge in [0.15, 0.2) is 0 Å². The van der Waals surface area contributed by atoms with Crippen LogP contribution in [0.3, 0.4) is 0 Å². The molecule has 114 valence electrons. The maximum absolute atomic E-state index is 13.6. The van der Waals surface area contributed by atoms with Crippen LogP contribution in [0.25, 0.3) is 0 Å². The molecule has 0 amide bonds. The van der Waals surface area contributed by atoms with Gasteiger partial charge in [0.2, 0.25) is 0 Å². The van der Waals surface area contributed by atoms with Gasteiger partial charge in [0, 0.05) is 18.3 Å². The predicted molar refractivity (Wildman–Crippen MR) is 83.9 cm³/mol. The van der Waals surface area contributed by atoms with Gasteiger partial charge < -0.3 is 5.32 Å². The first-order valence-corrected chi connectivity index (χ1v) is 7.48. The van der Waals surface area contributed by atoms with E-state index in [9.17, 15) is 4.39 Å². The van der Waals surface area contributed by atoms with Gasteiger partial charge in [-0.25, -0.2) is 4.39 Å². The van der Waals surface area contributed by atoms with Gasteiger partial charge in [-0.15, -0.1) is 0 Å². The average molecular weight is 289 g/mol. The Hall–Kier alpha value is -1.68. The van der Waals surface area contributed by atoms with Gasteiger partial charge in [-0.1, -0.05) is 12.1 Å². The summed E-state index contributed by atoms with van der Waals surface area (Å²) in [5, 5.41) is 7.88. The number of nitrogens with zero attached hydrogens (tertiary/aromatic N) is 2. The lowest BCUT2D eigenvalue weighted by atomic mass is 10.1. The molecule has 0 spiro atoms. The van der Waals surface area contributed by atoms with Crippen molar-refractivity contribution in [3.63, 3.8) is 0 Å². The minimum atomic E-state index is -0.135. The van der Waals surface area contributed by atoms with E-state index >= 15 is 0 Å². The Kier molecular flexibility index (Phi) is 5.12. The molecule has 2 rings (SSSR count). The van der Waals surface area contributed by atoms with Crippen molar-refractivity contribution in [3.05, 3.63) is 52.6 Å². The highest BCUT2D eigenvalue weighted by atomic mass is 19.1. The van der Waals surface area contributed by atoms with Crippen molar-refractivity contribution in [2.24, 2.45) is 0 Å². The van der Waals surface area contributed by atoms with Crippen LogP contribution in [0.5, 0.6) is 0 Å². The zero-order valence-corrected chi connectivity index (χ0v) is 13.3. The Morgan fingerprint density at radius 2 is 2.00 bits per heavy atom. The summed E-state index contributed by atoms with van der Waals surface area (Å²) in [6, 6.07) is 7.68. The van der Waals surface area contributed by atoms with Crippen molar-refractivity contribution in [2.75, 3.05) is 6.54 Å². The number of nitrogens with one attached hydrogen (secondary N) is 1. The Morgan fingerprint density at radius 1 is 1.24 bits per heavy atom. The van der Waals surface area contributed by atoms with E-state index in [2.05, 4.69) is 30.3 Å². The third-order valence-corrected chi connectivity index (χ3v) is 3.80. The quantitative estimate of drug-likeness (QED) is 0.822. The molecule has 0 radical (unpaired) electrons. The van der Waals surface area contributed by atoms with Gasteiger partial charge in [-0.05, 0) is 63.9 Å². The average Bonchev–Trinajstić information content (AvgIpc) is 2.76. The van der Waals surface area contributed by atoms with Crippen LogP contribution in [0.2, 0.25) is 0 Å². The van der Waals surface area contributed by atoms with E-state index in [0.717, 1.165) is 30.8 Å². The summed E-state index contributed by atoms with van der Waals surface area (Å²) in [7, 11) is 0. The summed E-state index contributed by atoms with van der Waals surface area (Å²) in [6.07, 6.45) is 1.00. The zero-order chi connectivity index (χ0) is 15.4. The number of hydrogen-bond acceptors (Lipinski definition) is 2. The highest BCUT2D eigenvalue weighted by Gasteiger charge is 2.07. The predicted octanol–water partition coefficient (Wildman–Crippen LogP) is 3.69. The SMILES string of the molecule is Cc1cc(C)n(CCCNC(C)c2ccc(C)c(F)c2)n1. The fraction of sp³-hybridized carbons (Fsp3) is 0.471. The van der Waals surface area contributed by atoms with Gasteiger partial charge in [-0.3, -0.25) is 4.68 Å². The Bertz CT molecular complexity index is 604. The molecule has 0 saturated carbocycles. The number of benzene rings is 1. The normalized spacial score (nSPS) is 12.6. The molecule has 0 aliphatic rings. The van der Waals surface area contributed by atoms with Gasteiger partial charge in [0.25, 0.3) is 0 Å². The van der Waals surface area contributed by atoms with E-state index in [1.54, 1.807) is 13.0 Å². The second-order valence-corrected chi connectivity index (χ2v) is 5.69. The van der Waals surface area contributed by atoms with Crippen molar-refractivity contribution in [2.45, 2.75) is 46.7 Å². The molecule has 1 aromatic heterocycles. The molecule has 4 heteroatoms. The van der Waals surface area contributed by atoms with Gasteiger partial charge in [-0.2, -0.15) is 5.10 Å². The van der Waals surface area contributed by atoms with Crippen molar-refractivity contribution in [1.29, 1.82) is 0 Å². The Morgan fingerprint density at radius 3 is 2.62 bits per heavy atom. The fourth-order valence-corrected chi connectivity index (χ4v) is 2.44. The van der Waals surface area contributed by atoms with Gasteiger partial charge in [0.05, 0.1) is 5.69 Å². The van der Waals surface area contributed by atoms with Crippen molar-refractivity contribution in [3.8, 4) is 0 Å². The Balaban J connectivity index is 1.80. The molecule has 0 bridgehead atoms. The molecule has 0 fully saturated rings. The van der Waals surface area contributed by atoms with Crippen LogP contribution in [-0.4, -0.2) is 16.3 Å². The van der Waals surface area contributed by atoms with E-state index in [0.29, 0.717) is 5.56 Å². The standard InChI is InChI=1S/C17H24FN3/c1-12-6-7-16(11-17(12)18)15(4)19-8-5-9-21-14(3)10-13(2)20-21/h6-7,10-11,15,19H,5,8-9H2,1-4H3. The summed E-state index contributed by atoms with van der Waals surface area (Å²) in [5.74, 6) is -0.135. The van der Waals surface area contributed by atoms with Crippen LogP contribution in [0.15, 0.2) is 24.3 Å². The first-order chi connectivity index (χ1) is 9.97. The molecule has 1 aromatic carbocycles.